The van der Waals surface area contributed by atoms with Gasteiger partial charge in [-0.25, -0.2) is 15.0 Å². The Hall–Kier alpha value is -5.41. The maximum Gasteiger partial charge on any atom is 0.573 e. The van der Waals surface area contributed by atoms with Crippen LogP contribution in [0.3, 0.4) is 0 Å². The lowest BCUT2D eigenvalue weighted by atomic mass is 10.1. The van der Waals surface area contributed by atoms with Crippen LogP contribution in [0.5, 0.6) is 23.0 Å². The fourth-order valence-corrected chi connectivity index (χ4v) is 5.25. The second-order valence-electron chi connectivity index (χ2n) is 12.1. The first kappa shape index (κ1) is 38.8. The van der Waals surface area contributed by atoms with Crippen LogP contribution in [0, 0.1) is 0 Å². The Morgan fingerprint density at radius 2 is 1.09 bits per heavy atom. The predicted molar refractivity (Wildman–Crippen MR) is 185 cm³/mol. The van der Waals surface area contributed by atoms with E-state index in [2.05, 4.69) is 43.3 Å². The van der Waals surface area contributed by atoms with E-state index in [1.807, 2.05) is 36.4 Å². The minimum Gasteiger partial charge on any atom is -0.489 e. The van der Waals surface area contributed by atoms with Gasteiger partial charge < -0.3 is 29.6 Å². The summed E-state index contributed by atoms with van der Waals surface area (Å²) >= 11 is 0. The van der Waals surface area contributed by atoms with Crippen molar-refractivity contribution >= 4 is 0 Å². The van der Waals surface area contributed by atoms with Crippen LogP contribution in [-0.2, 0) is 19.8 Å². The first-order valence-corrected chi connectivity index (χ1v) is 16.5. The highest BCUT2D eigenvalue weighted by Gasteiger charge is 2.31. The molecule has 1 atom stereocenters. The molecule has 6 rings (SSSR count). The second-order valence-corrected chi connectivity index (χ2v) is 12.1. The molecule has 2 heterocycles. The molecule has 0 saturated carbocycles. The van der Waals surface area contributed by atoms with Gasteiger partial charge >= 0.3 is 12.7 Å². The fraction of sp³-hybridized carbons (Fsp3) is 0.289. The van der Waals surface area contributed by atoms with Gasteiger partial charge in [0.1, 0.15) is 42.0 Å². The Balaban J connectivity index is 0.000000693. The summed E-state index contributed by atoms with van der Waals surface area (Å²) in [5.74, 6) is 1.08. The van der Waals surface area contributed by atoms with Gasteiger partial charge in [-0.2, -0.15) is 0 Å². The number of likely N-dealkylation sites (tertiary alicyclic amines) is 1. The summed E-state index contributed by atoms with van der Waals surface area (Å²) in [5.41, 5.74) is 8.70. The molecule has 53 heavy (non-hydrogen) atoms. The molecule has 1 fully saturated rings. The molecule has 0 bridgehead atoms. The molecule has 4 aromatic carbocycles. The Kier molecular flexibility index (Phi) is 12.7. The van der Waals surface area contributed by atoms with Gasteiger partial charge in [0.25, 0.3) is 0 Å². The van der Waals surface area contributed by atoms with Crippen molar-refractivity contribution in [1.82, 2.24) is 19.9 Å². The largest absolute Gasteiger partial charge is 0.573 e. The van der Waals surface area contributed by atoms with Crippen LogP contribution in [0.15, 0.2) is 97.1 Å². The predicted octanol–water partition coefficient (Wildman–Crippen LogP) is 8.72. The van der Waals surface area contributed by atoms with E-state index in [9.17, 15) is 26.3 Å². The van der Waals surface area contributed by atoms with Gasteiger partial charge in [0.15, 0.2) is 11.6 Å². The molecule has 5 aromatic rings. The van der Waals surface area contributed by atoms with Gasteiger partial charge in [0.2, 0.25) is 0 Å². The SMILES string of the molecule is CC1CCCN1C.NCc1nc(-c2cccc(COc3ccc(OC(F)(F)F)cc3)c2)nc(-c2cccc(COc3ccc(OC(F)(F)F)cc3)c2)n1. The summed E-state index contributed by atoms with van der Waals surface area (Å²) in [6.45, 7) is 3.88. The highest BCUT2D eigenvalue weighted by atomic mass is 19.4. The van der Waals surface area contributed by atoms with Gasteiger partial charge in [-0.05, 0) is 105 Å². The molecule has 1 aromatic heterocycles. The lowest BCUT2D eigenvalue weighted by Gasteiger charge is -2.12. The van der Waals surface area contributed by atoms with E-state index in [4.69, 9.17) is 15.2 Å². The first-order chi connectivity index (χ1) is 25.2. The molecule has 1 unspecified atom stereocenters. The van der Waals surface area contributed by atoms with Crippen molar-refractivity contribution in [3.8, 4) is 45.8 Å². The summed E-state index contributed by atoms with van der Waals surface area (Å²) < 4.78 is 93.6. The van der Waals surface area contributed by atoms with E-state index in [0.29, 0.717) is 40.1 Å². The zero-order chi connectivity index (χ0) is 38.0. The van der Waals surface area contributed by atoms with E-state index in [1.165, 1.54) is 43.7 Å². The van der Waals surface area contributed by atoms with Crippen molar-refractivity contribution in [1.29, 1.82) is 0 Å². The van der Waals surface area contributed by atoms with Gasteiger partial charge in [-0.15, -0.1) is 26.3 Å². The van der Waals surface area contributed by atoms with Crippen LogP contribution in [-0.4, -0.2) is 52.2 Å². The average molecular weight is 742 g/mol. The highest BCUT2D eigenvalue weighted by Crippen LogP contribution is 2.28. The zero-order valence-electron chi connectivity index (χ0n) is 28.8. The minimum absolute atomic E-state index is 0.0518. The van der Waals surface area contributed by atoms with Gasteiger partial charge in [0, 0.05) is 17.2 Å². The van der Waals surface area contributed by atoms with E-state index in [-0.39, 0.29) is 31.3 Å². The number of benzene rings is 4. The molecular formula is C38H37F6N5O4. The van der Waals surface area contributed by atoms with Crippen LogP contribution >= 0.6 is 0 Å². The third-order valence-corrected chi connectivity index (χ3v) is 8.05. The molecule has 0 aliphatic carbocycles. The lowest BCUT2D eigenvalue weighted by Crippen LogP contribution is -2.20. The minimum atomic E-state index is -4.78. The summed E-state index contributed by atoms with van der Waals surface area (Å²) in [4.78, 5) is 16.0. The number of rotatable bonds is 11. The smallest absolute Gasteiger partial charge is 0.489 e. The van der Waals surface area contributed by atoms with Crippen LogP contribution in [0.1, 0.15) is 36.7 Å². The summed E-state index contributed by atoms with van der Waals surface area (Å²) in [6.07, 6.45) is -6.76. The maximum absolute atomic E-state index is 12.4. The van der Waals surface area contributed by atoms with E-state index in [1.54, 1.807) is 12.1 Å². The third-order valence-electron chi connectivity index (χ3n) is 8.05. The maximum atomic E-state index is 12.4. The molecule has 1 aliphatic rings. The molecule has 280 valence electrons. The first-order valence-electron chi connectivity index (χ1n) is 16.5. The number of hydrogen-bond acceptors (Lipinski definition) is 9. The lowest BCUT2D eigenvalue weighted by molar-refractivity contribution is -0.275. The summed E-state index contributed by atoms with van der Waals surface area (Å²) in [6, 6.07) is 25.5. The monoisotopic (exact) mass is 741 g/mol. The average Bonchev–Trinajstić information content (AvgIpc) is 3.51. The van der Waals surface area contributed by atoms with E-state index < -0.39 is 12.7 Å². The normalized spacial score (nSPS) is 14.6. The van der Waals surface area contributed by atoms with E-state index >= 15 is 0 Å². The van der Waals surface area contributed by atoms with Crippen LogP contribution < -0.4 is 24.7 Å². The van der Waals surface area contributed by atoms with Crippen molar-refractivity contribution in [3.63, 3.8) is 0 Å². The van der Waals surface area contributed by atoms with Crippen molar-refractivity contribution in [3.05, 3.63) is 114 Å². The van der Waals surface area contributed by atoms with Gasteiger partial charge in [0.05, 0.1) is 6.54 Å². The van der Waals surface area contributed by atoms with E-state index in [0.717, 1.165) is 41.4 Å². The Morgan fingerprint density at radius 3 is 1.43 bits per heavy atom. The van der Waals surface area contributed by atoms with Gasteiger partial charge in [-0.1, -0.05) is 36.4 Å². The molecular weight excluding hydrogens is 704 g/mol. The summed E-state index contributed by atoms with van der Waals surface area (Å²) in [7, 11) is 2.19. The van der Waals surface area contributed by atoms with Crippen molar-refractivity contribution in [2.24, 2.45) is 5.73 Å². The summed E-state index contributed by atoms with van der Waals surface area (Å²) in [5, 5.41) is 0. The quantitative estimate of drug-likeness (QED) is 0.133. The Bertz CT molecular complexity index is 1790. The zero-order valence-corrected chi connectivity index (χ0v) is 28.8. The molecule has 0 spiro atoms. The number of alkyl halides is 6. The molecule has 2 N–H and O–H groups in total. The molecule has 0 radical (unpaired) electrons. The van der Waals surface area contributed by atoms with Gasteiger partial charge in [-0.3, -0.25) is 0 Å². The van der Waals surface area contributed by atoms with Crippen LogP contribution in [0.4, 0.5) is 26.3 Å². The Labute approximate surface area is 302 Å². The number of aromatic nitrogens is 3. The molecule has 15 heteroatoms. The standard InChI is InChI=1S/C32H24F6N4O4.C6H13N/c33-31(34,35)45-26-11-7-24(8-12-26)43-18-20-3-1-5-22(15-20)29-40-28(17-39)41-30(42-29)23-6-2-4-21(16-23)19-44-25-9-13-27(14-10-25)46-32(36,37)38;1-6-4-3-5-7(6)2/h1-16H,17-19,39H2;6H,3-5H2,1-2H3. The van der Waals surface area contributed by atoms with Crippen LogP contribution in [0.25, 0.3) is 22.8 Å². The second kappa shape index (κ2) is 17.4. The number of ether oxygens (including phenoxy) is 4. The number of halogens is 6. The number of nitrogens with two attached hydrogens (primary N) is 1. The molecule has 1 aliphatic heterocycles. The number of nitrogens with zero attached hydrogens (tertiary/aromatic N) is 4. The third kappa shape index (κ3) is 12.4. The molecule has 1 saturated heterocycles. The molecule has 0 amide bonds. The number of hydrogen-bond donors (Lipinski definition) is 1. The van der Waals surface area contributed by atoms with Crippen molar-refractivity contribution in [2.75, 3.05) is 13.6 Å². The molecule has 9 nitrogen and oxygen atoms in total. The van der Waals surface area contributed by atoms with Crippen molar-refractivity contribution < 1.29 is 45.3 Å². The topological polar surface area (TPSA) is 105 Å². The highest BCUT2D eigenvalue weighted by molar-refractivity contribution is 5.62. The fourth-order valence-electron chi connectivity index (χ4n) is 5.25. The van der Waals surface area contributed by atoms with Crippen LogP contribution in [0.2, 0.25) is 0 Å². The van der Waals surface area contributed by atoms with Crippen molar-refractivity contribution in [2.45, 2.75) is 58.3 Å². The Morgan fingerprint density at radius 1 is 0.660 bits per heavy atom.